The standard InChI is InChI=1S/C34H42/c1-31(2,3)21-15-13-19-17-23(33(7,8)9)27-24(34(10,11)12)18-20-14-16-22(32(4,5)6)29-26(20)30(27)25(19)28(21)29/h13-18H,1-12H3. The Kier molecular flexibility index (Phi) is 4.58. The summed E-state index contributed by atoms with van der Waals surface area (Å²) in [6.45, 7) is 28.4. The summed E-state index contributed by atoms with van der Waals surface area (Å²) in [6.07, 6.45) is 0. The van der Waals surface area contributed by atoms with Crippen LogP contribution in [0.2, 0.25) is 0 Å². The van der Waals surface area contributed by atoms with E-state index in [-0.39, 0.29) is 21.7 Å². The van der Waals surface area contributed by atoms with Crippen LogP contribution in [0.15, 0.2) is 36.4 Å². The third-order valence-electron chi connectivity index (χ3n) is 7.85. The van der Waals surface area contributed by atoms with Crippen LogP contribution in [-0.2, 0) is 21.7 Å². The minimum absolute atomic E-state index is 0.0646. The SMILES string of the molecule is CC(C)(C)c1ccc2cc(C(C)(C)C)c3c(C(C)(C)C)cc4ccc(C(C)(C)C)c5c4c3c2c1-5. The Balaban J connectivity index is 2.20. The van der Waals surface area contributed by atoms with Gasteiger partial charge in [0.15, 0.2) is 0 Å². The van der Waals surface area contributed by atoms with Crippen LogP contribution in [0.1, 0.15) is 105 Å². The van der Waals surface area contributed by atoms with Crippen LogP contribution in [0.25, 0.3) is 43.4 Å². The molecule has 1 aliphatic carbocycles. The van der Waals surface area contributed by atoms with Gasteiger partial charge in [0.25, 0.3) is 0 Å². The Bertz CT molecular complexity index is 1390. The normalized spacial score (nSPS) is 14.5. The van der Waals surface area contributed by atoms with Gasteiger partial charge in [-0.05, 0) is 99.5 Å². The molecule has 0 aliphatic heterocycles. The van der Waals surface area contributed by atoms with Gasteiger partial charge in [-0.25, -0.2) is 0 Å². The van der Waals surface area contributed by atoms with E-state index in [1.165, 1.54) is 65.7 Å². The van der Waals surface area contributed by atoms with E-state index in [2.05, 4.69) is 119 Å². The maximum absolute atomic E-state index is 2.51. The monoisotopic (exact) mass is 450 g/mol. The van der Waals surface area contributed by atoms with Crippen LogP contribution in [0, 0.1) is 0 Å². The summed E-state index contributed by atoms with van der Waals surface area (Å²) in [7, 11) is 0. The van der Waals surface area contributed by atoms with Crippen molar-refractivity contribution in [3.63, 3.8) is 0 Å². The predicted octanol–water partition coefficient (Wildman–Crippen LogP) is 10.3. The first-order valence-corrected chi connectivity index (χ1v) is 13.0. The second-order valence-corrected chi connectivity index (χ2v) is 14.8. The smallest absolute Gasteiger partial charge is 0.000814 e. The molecule has 0 nitrogen and oxygen atoms in total. The molecule has 0 amide bonds. The van der Waals surface area contributed by atoms with Crippen molar-refractivity contribution in [2.24, 2.45) is 0 Å². The Morgan fingerprint density at radius 1 is 0.353 bits per heavy atom. The zero-order valence-corrected chi connectivity index (χ0v) is 23.5. The predicted molar refractivity (Wildman–Crippen MR) is 153 cm³/mol. The van der Waals surface area contributed by atoms with Crippen molar-refractivity contribution in [2.75, 3.05) is 0 Å². The maximum Gasteiger partial charge on any atom is -0.000814 e. The fourth-order valence-electron chi connectivity index (χ4n) is 6.21. The highest BCUT2D eigenvalue weighted by Gasteiger charge is 2.35. The molecule has 34 heavy (non-hydrogen) atoms. The largest absolute Gasteiger partial charge is 0.0572 e. The lowest BCUT2D eigenvalue weighted by atomic mass is 9.75. The quantitative estimate of drug-likeness (QED) is 0.206. The molecule has 0 aromatic heterocycles. The summed E-state index contributed by atoms with van der Waals surface area (Å²) in [4.78, 5) is 0. The van der Waals surface area contributed by atoms with E-state index in [4.69, 9.17) is 0 Å². The highest BCUT2D eigenvalue weighted by molar-refractivity contribution is 6.35. The summed E-state index contributed by atoms with van der Waals surface area (Å²) in [5.74, 6) is 0. The molecule has 4 aromatic carbocycles. The van der Waals surface area contributed by atoms with Gasteiger partial charge >= 0.3 is 0 Å². The van der Waals surface area contributed by atoms with Crippen LogP contribution in [0.4, 0.5) is 0 Å². The molecule has 0 saturated carbocycles. The first kappa shape index (κ1) is 23.4. The van der Waals surface area contributed by atoms with Gasteiger partial charge in [0.05, 0.1) is 0 Å². The van der Waals surface area contributed by atoms with E-state index in [9.17, 15) is 0 Å². The van der Waals surface area contributed by atoms with Crippen LogP contribution in [0.3, 0.4) is 0 Å². The number of benzene rings is 4. The minimum Gasteiger partial charge on any atom is -0.0572 e. The van der Waals surface area contributed by atoms with Gasteiger partial charge < -0.3 is 0 Å². The Labute approximate surface area is 206 Å². The average molecular weight is 451 g/mol. The number of hydrogen-bond donors (Lipinski definition) is 0. The van der Waals surface area contributed by atoms with Crippen molar-refractivity contribution in [3.05, 3.63) is 58.7 Å². The third kappa shape index (κ3) is 3.17. The van der Waals surface area contributed by atoms with Crippen molar-refractivity contribution in [2.45, 2.75) is 105 Å². The lowest BCUT2D eigenvalue weighted by molar-refractivity contribution is 0.581. The van der Waals surface area contributed by atoms with Gasteiger partial charge in [0.2, 0.25) is 0 Å². The molecule has 0 atom stereocenters. The zero-order chi connectivity index (χ0) is 25.2. The van der Waals surface area contributed by atoms with Crippen LogP contribution in [0.5, 0.6) is 0 Å². The summed E-state index contributed by atoms with van der Waals surface area (Å²) in [6, 6.07) is 14.6. The lowest BCUT2D eigenvalue weighted by Crippen LogP contribution is -2.17. The fourth-order valence-corrected chi connectivity index (χ4v) is 6.21. The Morgan fingerprint density at radius 3 is 0.971 bits per heavy atom. The summed E-state index contributed by atoms with van der Waals surface area (Å²) >= 11 is 0. The first-order valence-electron chi connectivity index (χ1n) is 13.0. The highest BCUT2D eigenvalue weighted by Crippen LogP contribution is 2.56. The summed E-state index contributed by atoms with van der Waals surface area (Å²) < 4.78 is 0. The van der Waals surface area contributed by atoms with Crippen LogP contribution >= 0.6 is 0 Å². The van der Waals surface area contributed by atoms with Gasteiger partial charge in [0.1, 0.15) is 0 Å². The minimum atomic E-state index is 0.0646. The number of fused-ring (bicyclic) bond motifs is 1. The van der Waals surface area contributed by atoms with Gasteiger partial charge in [0, 0.05) is 0 Å². The molecular formula is C34H42. The molecule has 4 aromatic rings. The van der Waals surface area contributed by atoms with Gasteiger partial charge in [-0.1, -0.05) is 107 Å². The van der Waals surface area contributed by atoms with Crippen LogP contribution in [-0.4, -0.2) is 0 Å². The molecule has 0 heteroatoms. The first-order chi connectivity index (χ1) is 15.4. The van der Waals surface area contributed by atoms with Crippen molar-refractivity contribution in [1.29, 1.82) is 0 Å². The topological polar surface area (TPSA) is 0 Å². The van der Waals surface area contributed by atoms with E-state index in [1.807, 2.05) is 0 Å². The van der Waals surface area contributed by atoms with Crippen molar-refractivity contribution < 1.29 is 0 Å². The average Bonchev–Trinajstić information content (AvgIpc) is 3.02. The zero-order valence-electron chi connectivity index (χ0n) is 23.5. The van der Waals surface area contributed by atoms with E-state index in [1.54, 1.807) is 0 Å². The summed E-state index contributed by atoms with van der Waals surface area (Å²) in [5.41, 5.74) is 9.15. The second-order valence-electron chi connectivity index (χ2n) is 14.8. The summed E-state index contributed by atoms with van der Waals surface area (Å²) in [5, 5.41) is 8.76. The van der Waals surface area contributed by atoms with Crippen LogP contribution < -0.4 is 0 Å². The molecule has 0 fully saturated rings. The van der Waals surface area contributed by atoms with E-state index >= 15 is 0 Å². The van der Waals surface area contributed by atoms with Crippen molar-refractivity contribution in [3.8, 4) is 11.1 Å². The molecule has 0 radical (unpaired) electrons. The molecule has 5 rings (SSSR count). The molecule has 1 aliphatic rings. The Hall–Kier alpha value is -2.34. The molecule has 178 valence electrons. The molecule has 0 spiro atoms. The highest BCUT2D eigenvalue weighted by atomic mass is 14.4. The third-order valence-corrected chi connectivity index (χ3v) is 7.85. The molecule has 0 saturated heterocycles. The maximum atomic E-state index is 2.51. The molecule has 0 unspecified atom stereocenters. The van der Waals surface area contributed by atoms with Gasteiger partial charge in [-0.2, -0.15) is 0 Å². The molecule has 0 bridgehead atoms. The lowest BCUT2D eigenvalue weighted by Gasteiger charge is -2.29. The van der Waals surface area contributed by atoms with Crippen molar-refractivity contribution >= 4 is 32.3 Å². The molecule has 0 heterocycles. The fraction of sp³-hybridized carbons (Fsp3) is 0.471. The van der Waals surface area contributed by atoms with Gasteiger partial charge in [-0.3, -0.25) is 0 Å². The van der Waals surface area contributed by atoms with E-state index in [0.29, 0.717) is 0 Å². The van der Waals surface area contributed by atoms with E-state index < -0.39 is 0 Å². The molecule has 0 N–H and O–H groups in total. The second kappa shape index (κ2) is 6.66. The van der Waals surface area contributed by atoms with E-state index in [0.717, 1.165) is 0 Å². The van der Waals surface area contributed by atoms with Crippen molar-refractivity contribution in [1.82, 2.24) is 0 Å². The van der Waals surface area contributed by atoms with Gasteiger partial charge in [-0.15, -0.1) is 0 Å². The number of rotatable bonds is 0. The Morgan fingerprint density at radius 2 is 0.676 bits per heavy atom. The molecular weight excluding hydrogens is 408 g/mol. The number of hydrogen-bond acceptors (Lipinski definition) is 0.